The summed E-state index contributed by atoms with van der Waals surface area (Å²) in [5.74, 6) is 1.65. The fourth-order valence-corrected chi connectivity index (χ4v) is 1.02. The molecular weight excluding hydrogens is 180 g/mol. The first kappa shape index (κ1) is 10.7. The second kappa shape index (κ2) is 6.15. The number of methoxy groups -OCH3 is 1. The highest BCUT2D eigenvalue weighted by Gasteiger charge is 1.95. The lowest BCUT2D eigenvalue weighted by molar-refractivity contribution is 0.198. The highest BCUT2D eigenvalue weighted by Crippen LogP contribution is 2.06. The highest BCUT2D eigenvalue weighted by molar-refractivity contribution is 5.45. The Morgan fingerprint density at radius 1 is 1.36 bits per heavy atom. The molecule has 78 valence electrons. The van der Waals surface area contributed by atoms with Crippen molar-refractivity contribution in [1.82, 2.24) is 9.97 Å². The Kier molecular flexibility index (Phi) is 4.71. The quantitative estimate of drug-likeness (QED) is 0.664. The predicted octanol–water partition coefficient (Wildman–Crippen LogP) is 0.967. The minimum Gasteiger partial charge on any atom is -0.385 e. The molecule has 0 amide bonds. The molecule has 0 aliphatic carbocycles. The van der Waals surface area contributed by atoms with E-state index >= 15 is 0 Å². The average Bonchev–Trinajstić information content (AvgIpc) is 2.25. The van der Waals surface area contributed by atoms with E-state index in [1.54, 1.807) is 7.11 Å². The lowest BCUT2D eigenvalue weighted by atomic mass is 10.4. The van der Waals surface area contributed by atoms with Crippen molar-refractivity contribution in [3.05, 3.63) is 12.4 Å². The molecule has 0 fully saturated rings. The van der Waals surface area contributed by atoms with Crippen LogP contribution in [0.25, 0.3) is 0 Å². The molecule has 0 spiro atoms. The molecule has 5 heteroatoms. The lowest BCUT2D eigenvalue weighted by Gasteiger charge is -2.05. The van der Waals surface area contributed by atoms with Crippen molar-refractivity contribution in [2.75, 3.05) is 37.9 Å². The summed E-state index contributed by atoms with van der Waals surface area (Å²) in [6, 6.07) is 1.87. The molecule has 1 aromatic rings. The van der Waals surface area contributed by atoms with Crippen molar-refractivity contribution in [1.29, 1.82) is 0 Å². The summed E-state index contributed by atoms with van der Waals surface area (Å²) < 4.78 is 4.94. The van der Waals surface area contributed by atoms with Gasteiger partial charge in [-0.1, -0.05) is 0 Å². The Hall–Kier alpha value is -1.36. The average molecular weight is 196 g/mol. The molecule has 1 aromatic heterocycles. The van der Waals surface area contributed by atoms with Crippen LogP contribution in [0.15, 0.2) is 12.4 Å². The van der Waals surface area contributed by atoms with E-state index in [2.05, 4.69) is 20.6 Å². The van der Waals surface area contributed by atoms with Crippen LogP contribution < -0.4 is 10.6 Å². The molecule has 1 rings (SSSR count). The van der Waals surface area contributed by atoms with Gasteiger partial charge in [-0.2, -0.15) is 0 Å². The maximum absolute atomic E-state index is 4.94. The summed E-state index contributed by atoms with van der Waals surface area (Å²) in [6.45, 7) is 1.62. The zero-order valence-corrected chi connectivity index (χ0v) is 8.58. The van der Waals surface area contributed by atoms with E-state index in [1.807, 2.05) is 13.1 Å². The summed E-state index contributed by atoms with van der Waals surface area (Å²) in [6.07, 6.45) is 2.50. The normalized spacial score (nSPS) is 9.86. The molecule has 1 heterocycles. The number of nitrogens with one attached hydrogen (secondary N) is 2. The van der Waals surface area contributed by atoms with Crippen LogP contribution in [0.2, 0.25) is 0 Å². The number of hydrogen-bond acceptors (Lipinski definition) is 5. The molecule has 14 heavy (non-hydrogen) atoms. The van der Waals surface area contributed by atoms with Crippen molar-refractivity contribution in [3.63, 3.8) is 0 Å². The van der Waals surface area contributed by atoms with Gasteiger partial charge in [0, 0.05) is 33.4 Å². The minimum atomic E-state index is 0.761. The van der Waals surface area contributed by atoms with E-state index in [4.69, 9.17) is 4.74 Å². The van der Waals surface area contributed by atoms with Crippen LogP contribution in [0, 0.1) is 0 Å². The molecule has 0 saturated carbocycles. The number of rotatable bonds is 6. The Morgan fingerprint density at radius 2 is 2.14 bits per heavy atom. The van der Waals surface area contributed by atoms with E-state index in [1.165, 1.54) is 6.33 Å². The van der Waals surface area contributed by atoms with Crippen molar-refractivity contribution >= 4 is 11.6 Å². The maximum Gasteiger partial charge on any atom is 0.131 e. The van der Waals surface area contributed by atoms with Gasteiger partial charge in [0.1, 0.15) is 18.0 Å². The van der Waals surface area contributed by atoms with Gasteiger partial charge >= 0.3 is 0 Å². The minimum absolute atomic E-state index is 0.761. The first-order valence-corrected chi connectivity index (χ1v) is 4.59. The van der Waals surface area contributed by atoms with Crippen LogP contribution in [-0.4, -0.2) is 37.3 Å². The molecule has 0 saturated heterocycles. The molecule has 2 N–H and O–H groups in total. The van der Waals surface area contributed by atoms with E-state index in [0.717, 1.165) is 31.2 Å². The standard InChI is InChI=1S/C9H16N4O/c1-10-8-6-9(13-7-12-8)11-4-3-5-14-2/h6-7H,3-5H2,1-2H3,(H2,10,11,12,13). The third-order valence-corrected chi connectivity index (χ3v) is 1.75. The molecular formula is C9H16N4O. The van der Waals surface area contributed by atoms with Crippen molar-refractivity contribution in [3.8, 4) is 0 Å². The van der Waals surface area contributed by atoms with E-state index in [-0.39, 0.29) is 0 Å². The van der Waals surface area contributed by atoms with Crippen LogP contribution in [0.4, 0.5) is 11.6 Å². The lowest BCUT2D eigenvalue weighted by Crippen LogP contribution is -2.06. The third-order valence-electron chi connectivity index (χ3n) is 1.75. The van der Waals surface area contributed by atoms with Crippen LogP contribution in [-0.2, 0) is 4.74 Å². The molecule has 0 aliphatic rings. The van der Waals surface area contributed by atoms with Gasteiger partial charge in [0.2, 0.25) is 0 Å². The topological polar surface area (TPSA) is 59.1 Å². The summed E-state index contributed by atoms with van der Waals surface area (Å²) in [4.78, 5) is 8.10. The zero-order valence-electron chi connectivity index (χ0n) is 8.58. The monoisotopic (exact) mass is 196 g/mol. The van der Waals surface area contributed by atoms with Gasteiger partial charge in [-0.05, 0) is 6.42 Å². The van der Waals surface area contributed by atoms with Crippen molar-refractivity contribution in [2.24, 2.45) is 0 Å². The van der Waals surface area contributed by atoms with Gasteiger partial charge in [-0.15, -0.1) is 0 Å². The largest absolute Gasteiger partial charge is 0.385 e. The Morgan fingerprint density at radius 3 is 2.86 bits per heavy atom. The maximum atomic E-state index is 4.94. The van der Waals surface area contributed by atoms with Gasteiger partial charge in [0.05, 0.1) is 0 Å². The van der Waals surface area contributed by atoms with Gasteiger partial charge in [-0.3, -0.25) is 0 Å². The Labute approximate surface area is 83.9 Å². The SMILES string of the molecule is CNc1cc(NCCCOC)ncn1. The van der Waals surface area contributed by atoms with Crippen molar-refractivity contribution < 1.29 is 4.74 Å². The smallest absolute Gasteiger partial charge is 0.131 e. The molecule has 0 radical (unpaired) electrons. The number of nitrogens with zero attached hydrogens (tertiary/aromatic N) is 2. The second-order valence-corrected chi connectivity index (χ2v) is 2.81. The zero-order chi connectivity index (χ0) is 10.2. The van der Waals surface area contributed by atoms with Gasteiger partial charge < -0.3 is 15.4 Å². The first-order valence-electron chi connectivity index (χ1n) is 4.59. The first-order chi connectivity index (χ1) is 6.86. The molecule has 0 aromatic carbocycles. The molecule has 0 bridgehead atoms. The number of anilines is 2. The Bertz CT molecular complexity index is 267. The van der Waals surface area contributed by atoms with E-state index in [0.29, 0.717) is 0 Å². The third kappa shape index (κ3) is 3.57. The summed E-state index contributed by atoms with van der Waals surface area (Å²) in [5, 5.41) is 6.14. The summed E-state index contributed by atoms with van der Waals surface area (Å²) >= 11 is 0. The van der Waals surface area contributed by atoms with Gasteiger partial charge in [0.25, 0.3) is 0 Å². The van der Waals surface area contributed by atoms with Crippen molar-refractivity contribution in [2.45, 2.75) is 6.42 Å². The number of ether oxygens (including phenoxy) is 1. The molecule has 0 unspecified atom stereocenters. The van der Waals surface area contributed by atoms with Crippen LogP contribution >= 0.6 is 0 Å². The fraction of sp³-hybridized carbons (Fsp3) is 0.556. The summed E-state index contributed by atoms with van der Waals surface area (Å²) in [7, 11) is 3.53. The number of aromatic nitrogens is 2. The van der Waals surface area contributed by atoms with E-state index in [9.17, 15) is 0 Å². The Balaban J connectivity index is 2.34. The molecule has 0 aliphatic heterocycles. The fourth-order valence-electron chi connectivity index (χ4n) is 1.02. The van der Waals surface area contributed by atoms with Crippen LogP contribution in [0.3, 0.4) is 0 Å². The van der Waals surface area contributed by atoms with Crippen LogP contribution in [0.5, 0.6) is 0 Å². The predicted molar refractivity (Wildman–Crippen MR) is 56.6 cm³/mol. The highest BCUT2D eigenvalue weighted by atomic mass is 16.5. The van der Waals surface area contributed by atoms with Crippen LogP contribution in [0.1, 0.15) is 6.42 Å². The van der Waals surface area contributed by atoms with Gasteiger partial charge in [-0.25, -0.2) is 9.97 Å². The number of hydrogen-bond donors (Lipinski definition) is 2. The van der Waals surface area contributed by atoms with E-state index < -0.39 is 0 Å². The molecule has 0 atom stereocenters. The summed E-state index contributed by atoms with van der Waals surface area (Å²) in [5.41, 5.74) is 0. The second-order valence-electron chi connectivity index (χ2n) is 2.81. The van der Waals surface area contributed by atoms with Gasteiger partial charge in [0.15, 0.2) is 0 Å². The molecule has 5 nitrogen and oxygen atoms in total.